The number of carbonyl (C=O) groups is 3. The molecule has 0 unspecified atom stereocenters. The Morgan fingerprint density at radius 3 is 2.12 bits per heavy atom. The van der Waals surface area contributed by atoms with E-state index in [1.165, 1.54) is 12.1 Å². The molecule has 7 nitrogen and oxygen atoms in total. The van der Waals surface area contributed by atoms with Crippen molar-refractivity contribution in [2.45, 2.75) is 33.6 Å². The summed E-state index contributed by atoms with van der Waals surface area (Å²) in [6.07, 6.45) is 0.817. The second-order valence-electron chi connectivity index (χ2n) is 5.37. The highest BCUT2D eigenvalue weighted by atomic mass is 16.7. The Labute approximate surface area is 148 Å². The zero-order chi connectivity index (χ0) is 18.7. The normalized spacial score (nSPS) is 10.2. The van der Waals surface area contributed by atoms with Gasteiger partial charge in [-0.25, -0.2) is 4.79 Å². The number of rotatable bonds is 9. The third-order valence-corrected chi connectivity index (χ3v) is 3.65. The molecule has 1 aromatic rings. The molecule has 0 bridgehead atoms. The van der Waals surface area contributed by atoms with Crippen molar-refractivity contribution < 1.29 is 23.9 Å². The molecule has 7 heteroatoms. The van der Waals surface area contributed by atoms with Gasteiger partial charge in [-0.1, -0.05) is 13.8 Å². The van der Waals surface area contributed by atoms with E-state index in [4.69, 9.17) is 4.74 Å². The number of hydrogen-bond donors (Lipinski definition) is 2. The second kappa shape index (κ2) is 11.1. The van der Waals surface area contributed by atoms with Crippen LogP contribution in [0.5, 0.6) is 5.75 Å². The van der Waals surface area contributed by atoms with Gasteiger partial charge in [-0.05, 0) is 44.0 Å². The van der Waals surface area contributed by atoms with E-state index in [1.54, 1.807) is 19.1 Å². The third-order valence-electron chi connectivity index (χ3n) is 3.65. The minimum Gasteiger partial charge on any atom is -0.434 e. The van der Waals surface area contributed by atoms with E-state index in [0.29, 0.717) is 24.4 Å². The molecule has 1 aromatic carbocycles. The molecule has 0 heterocycles. The standard InChI is InChI=1S/C18H26N2O5/c1-4-13(5-2)16(21)19-11-12-20-17(22)14-7-9-15(10-8-14)25-18(23)24-6-3/h7-10,13H,4-6,11-12H2,1-3H3,(H,19,21)(H,20,22). The second-order valence-corrected chi connectivity index (χ2v) is 5.37. The summed E-state index contributed by atoms with van der Waals surface area (Å²) in [4.78, 5) is 35.0. The maximum absolute atomic E-state index is 12.0. The van der Waals surface area contributed by atoms with Crippen LogP contribution in [0.25, 0.3) is 0 Å². The van der Waals surface area contributed by atoms with Gasteiger partial charge in [0.1, 0.15) is 5.75 Å². The highest BCUT2D eigenvalue weighted by molar-refractivity contribution is 5.94. The minimum atomic E-state index is -0.784. The molecule has 138 valence electrons. The predicted molar refractivity (Wildman–Crippen MR) is 93.5 cm³/mol. The van der Waals surface area contributed by atoms with E-state index in [0.717, 1.165) is 12.8 Å². The van der Waals surface area contributed by atoms with Crippen LogP contribution in [0.15, 0.2) is 24.3 Å². The van der Waals surface area contributed by atoms with Gasteiger partial charge in [0, 0.05) is 24.6 Å². The number of benzene rings is 1. The molecule has 0 spiro atoms. The summed E-state index contributed by atoms with van der Waals surface area (Å²) in [5.74, 6) is 0.0641. The lowest BCUT2D eigenvalue weighted by molar-refractivity contribution is -0.125. The highest BCUT2D eigenvalue weighted by Gasteiger charge is 2.13. The zero-order valence-electron chi connectivity index (χ0n) is 15.0. The molecule has 0 aliphatic carbocycles. The molecule has 0 fully saturated rings. The molecule has 0 saturated heterocycles. The topological polar surface area (TPSA) is 93.7 Å². The molecule has 0 atom stereocenters. The van der Waals surface area contributed by atoms with E-state index in [9.17, 15) is 14.4 Å². The van der Waals surface area contributed by atoms with Crippen LogP contribution in [0.2, 0.25) is 0 Å². The fourth-order valence-corrected chi connectivity index (χ4v) is 2.19. The lowest BCUT2D eigenvalue weighted by Crippen LogP contribution is -2.37. The molecule has 1 rings (SSSR count). The first-order valence-electron chi connectivity index (χ1n) is 8.52. The van der Waals surface area contributed by atoms with Gasteiger partial charge < -0.3 is 20.1 Å². The number of ether oxygens (including phenoxy) is 2. The summed E-state index contributed by atoms with van der Waals surface area (Å²) in [7, 11) is 0. The fraction of sp³-hybridized carbons (Fsp3) is 0.500. The molecule has 0 aromatic heterocycles. The Morgan fingerprint density at radius 1 is 0.960 bits per heavy atom. The van der Waals surface area contributed by atoms with Gasteiger partial charge in [-0.2, -0.15) is 0 Å². The molecule has 0 saturated carbocycles. The Kier molecular flexibility index (Phi) is 9.06. The molecular weight excluding hydrogens is 324 g/mol. The Balaban J connectivity index is 2.37. The van der Waals surface area contributed by atoms with Gasteiger partial charge in [-0.15, -0.1) is 0 Å². The van der Waals surface area contributed by atoms with Crippen LogP contribution in [0.1, 0.15) is 44.0 Å². The van der Waals surface area contributed by atoms with Gasteiger partial charge in [-0.3, -0.25) is 9.59 Å². The van der Waals surface area contributed by atoms with Gasteiger partial charge in [0.15, 0.2) is 0 Å². The Morgan fingerprint density at radius 2 is 1.56 bits per heavy atom. The molecular formula is C18H26N2O5. The monoisotopic (exact) mass is 350 g/mol. The SMILES string of the molecule is CCOC(=O)Oc1ccc(C(=O)NCCNC(=O)C(CC)CC)cc1. The molecule has 2 amide bonds. The first-order chi connectivity index (χ1) is 12.0. The van der Waals surface area contributed by atoms with Crippen LogP contribution in [0, 0.1) is 5.92 Å². The maximum atomic E-state index is 12.0. The Hall–Kier alpha value is -2.57. The zero-order valence-corrected chi connectivity index (χ0v) is 15.0. The average molecular weight is 350 g/mol. The number of hydrogen-bond acceptors (Lipinski definition) is 5. The summed E-state index contributed by atoms with van der Waals surface area (Å²) in [5.41, 5.74) is 0.433. The number of carbonyl (C=O) groups excluding carboxylic acids is 3. The van der Waals surface area contributed by atoms with Crippen molar-refractivity contribution in [1.82, 2.24) is 10.6 Å². The first-order valence-corrected chi connectivity index (χ1v) is 8.52. The summed E-state index contributed by atoms with van der Waals surface area (Å²) < 4.78 is 9.58. The summed E-state index contributed by atoms with van der Waals surface area (Å²) >= 11 is 0. The van der Waals surface area contributed by atoms with Crippen LogP contribution in [0.3, 0.4) is 0 Å². The quantitative estimate of drug-likeness (QED) is 0.405. The maximum Gasteiger partial charge on any atom is 0.513 e. The first kappa shape index (κ1) is 20.5. The van der Waals surface area contributed by atoms with E-state index < -0.39 is 6.16 Å². The predicted octanol–water partition coefficient (Wildman–Crippen LogP) is 2.50. The number of nitrogens with one attached hydrogen (secondary N) is 2. The van der Waals surface area contributed by atoms with Crippen LogP contribution in [0.4, 0.5) is 4.79 Å². The van der Waals surface area contributed by atoms with Crippen molar-refractivity contribution >= 4 is 18.0 Å². The summed E-state index contributed by atoms with van der Waals surface area (Å²) in [6, 6.07) is 6.13. The average Bonchev–Trinajstić information content (AvgIpc) is 2.60. The smallest absolute Gasteiger partial charge is 0.434 e. The van der Waals surface area contributed by atoms with Gasteiger partial charge >= 0.3 is 6.16 Å². The lowest BCUT2D eigenvalue weighted by Gasteiger charge is -2.13. The van der Waals surface area contributed by atoms with E-state index in [-0.39, 0.29) is 24.3 Å². The van der Waals surface area contributed by atoms with Crippen molar-refractivity contribution in [2.75, 3.05) is 19.7 Å². The fourth-order valence-electron chi connectivity index (χ4n) is 2.19. The molecule has 0 aliphatic heterocycles. The van der Waals surface area contributed by atoms with Crippen molar-refractivity contribution in [1.29, 1.82) is 0 Å². The van der Waals surface area contributed by atoms with Crippen molar-refractivity contribution in [3.63, 3.8) is 0 Å². The molecule has 0 aliphatic rings. The third kappa shape index (κ3) is 7.24. The van der Waals surface area contributed by atoms with Crippen molar-refractivity contribution in [3.05, 3.63) is 29.8 Å². The molecule has 0 radical (unpaired) electrons. The largest absolute Gasteiger partial charge is 0.513 e. The van der Waals surface area contributed by atoms with Crippen LogP contribution < -0.4 is 15.4 Å². The Bertz CT molecular complexity index is 567. The van der Waals surface area contributed by atoms with Gasteiger partial charge in [0.2, 0.25) is 5.91 Å². The summed E-state index contributed by atoms with van der Waals surface area (Å²) in [6.45, 7) is 6.58. The summed E-state index contributed by atoms with van der Waals surface area (Å²) in [5, 5.41) is 5.53. The minimum absolute atomic E-state index is 0.0136. The van der Waals surface area contributed by atoms with Gasteiger partial charge in [0.25, 0.3) is 5.91 Å². The molecule has 2 N–H and O–H groups in total. The lowest BCUT2D eigenvalue weighted by atomic mass is 10.0. The van der Waals surface area contributed by atoms with E-state index in [2.05, 4.69) is 15.4 Å². The van der Waals surface area contributed by atoms with Crippen molar-refractivity contribution in [3.8, 4) is 5.75 Å². The van der Waals surface area contributed by atoms with Crippen molar-refractivity contribution in [2.24, 2.45) is 5.92 Å². The van der Waals surface area contributed by atoms with E-state index >= 15 is 0 Å². The molecule has 25 heavy (non-hydrogen) atoms. The highest BCUT2D eigenvalue weighted by Crippen LogP contribution is 2.13. The van der Waals surface area contributed by atoms with Crippen LogP contribution >= 0.6 is 0 Å². The van der Waals surface area contributed by atoms with E-state index in [1.807, 2.05) is 13.8 Å². The van der Waals surface area contributed by atoms with Crippen LogP contribution in [-0.2, 0) is 9.53 Å². The number of amides is 2. The van der Waals surface area contributed by atoms with Crippen LogP contribution in [-0.4, -0.2) is 37.7 Å². The van der Waals surface area contributed by atoms with Gasteiger partial charge in [0.05, 0.1) is 6.61 Å².